The Hall–Kier alpha value is -1.59. The predicted octanol–water partition coefficient (Wildman–Crippen LogP) is 0.851. The summed E-state index contributed by atoms with van der Waals surface area (Å²) in [5.41, 5.74) is 0.248. The number of aliphatic hydroxyl groups excluding tert-OH is 1. The van der Waals surface area contributed by atoms with E-state index in [1.807, 2.05) is 0 Å². The van der Waals surface area contributed by atoms with Crippen LogP contribution >= 0.6 is 0 Å². The average molecular weight is 226 g/mol. The van der Waals surface area contributed by atoms with Gasteiger partial charge in [-0.1, -0.05) is 0 Å². The molecule has 1 rings (SSSR count). The Morgan fingerprint density at radius 3 is 2.44 bits per heavy atom. The lowest BCUT2D eigenvalue weighted by atomic mass is 10.1. The fraction of sp³-hybridized carbons (Fsp3) is 0.364. The molecule has 0 saturated carbocycles. The van der Waals surface area contributed by atoms with E-state index in [0.717, 1.165) is 0 Å². The Morgan fingerprint density at radius 2 is 1.94 bits per heavy atom. The third kappa shape index (κ3) is 2.50. The summed E-state index contributed by atoms with van der Waals surface area (Å²) in [4.78, 5) is 11.7. The van der Waals surface area contributed by atoms with Crippen LogP contribution in [0.4, 0.5) is 0 Å². The van der Waals surface area contributed by atoms with Crippen molar-refractivity contribution in [1.29, 1.82) is 0 Å². The first kappa shape index (κ1) is 12.5. The molecule has 0 aromatic heterocycles. The van der Waals surface area contributed by atoms with Crippen LogP contribution in [0.3, 0.4) is 0 Å². The quantitative estimate of drug-likeness (QED) is 0.595. The van der Waals surface area contributed by atoms with Crippen molar-refractivity contribution >= 4 is 5.78 Å². The number of methoxy groups -OCH3 is 3. The van der Waals surface area contributed by atoms with Crippen molar-refractivity contribution in [3.05, 3.63) is 23.8 Å². The summed E-state index contributed by atoms with van der Waals surface area (Å²) < 4.78 is 14.6. The van der Waals surface area contributed by atoms with Gasteiger partial charge in [0.05, 0.1) is 19.8 Å². The van der Waals surface area contributed by atoms with E-state index in [1.54, 1.807) is 12.1 Å². The molecule has 0 aliphatic rings. The molecule has 5 heteroatoms. The molecule has 88 valence electrons. The molecule has 0 spiro atoms. The maximum absolute atomic E-state index is 11.7. The van der Waals surface area contributed by atoms with Crippen LogP contribution in [0.25, 0.3) is 0 Å². The average Bonchev–Trinajstić information content (AvgIpc) is 2.35. The normalized spacial score (nSPS) is 12.0. The molecule has 16 heavy (non-hydrogen) atoms. The van der Waals surface area contributed by atoms with E-state index < -0.39 is 12.1 Å². The summed E-state index contributed by atoms with van der Waals surface area (Å²) in [7, 11) is 4.20. The number of ketones is 1. The second-order valence-corrected chi connectivity index (χ2v) is 3.02. The molecule has 1 aromatic carbocycles. The minimum atomic E-state index is -1.48. The molecule has 1 unspecified atom stereocenters. The third-order valence-electron chi connectivity index (χ3n) is 2.12. The summed E-state index contributed by atoms with van der Waals surface area (Å²) in [6, 6.07) is 4.69. The van der Waals surface area contributed by atoms with Gasteiger partial charge in [0.25, 0.3) is 0 Å². The zero-order valence-electron chi connectivity index (χ0n) is 9.39. The van der Waals surface area contributed by atoms with E-state index in [4.69, 9.17) is 9.47 Å². The number of rotatable bonds is 5. The highest BCUT2D eigenvalue weighted by molar-refractivity contribution is 6.01. The molecule has 0 fully saturated rings. The van der Waals surface area contributed by atoms with Gasteiger partial charge in [0.1, 0.15) is 11.5 Å². The number of Topliss-reactive ketones (excluding diaryl/α,β-unsaturated/α-hetero) is 1. The van der Waals surface area contributed by atoms with Gasteiger partial charge < -0.3 is 19.3 Å². The molecule has 1 N–H and O–H groups in total. The van der Waals surface area contributed by atoms with E-state index in [2.05, 4.69) is 4.74 Å². The lowest BCUT2D eigenvalue weighted by Crippen LogP contribution is -2.22. The van der Waals surface area contributed by atoms with Crippen LogP contribution in [-0.2, 0) is 4.74 Å². The van der Waals surface area contributed by atoms with Crippen molar-refractivity contribution in [2.24, 2.45) is 0 Å². The van der Waals surface area contributed by atoms with Gasteiger partial charge in [0.15, 0.2) is 0 Å². The molecule has 0 aliphatic carbocycles. The number of carbonyl (C=O) groups is 1. The molecule has 5 nitrogen and oxygen atoms in total. The van der Waals surface area contributed by atoms with Gasteiger partial charge in [0, 0.05) is 13.2 Å². The van der Waals surface area contributed by atoms with E-state index in [-0.39, 0.29) is 5.56 Å². The van der Waals surface area contributed by atoms with E-state index >= 15 is 0 Å². The zero-order valence-corrected chi connectivity index (χ0v) is 9.39. The highest BCUT2D eigenvalue weighted by Crippen LogP contribution is 2.25. The molecular weight excluding hydrogens is 212 g/mol. The zero-order chi connectivity index (χ0) is 12.1. The van der Waals surface area contributed by atoms with Crippen molar-refractivity contribution in [3.8, 4) is 11.5 Å². The lowest BCUT2D eigenvalue weighted by Gasteiger charge is -2.12. The first-order valence-corrected chi connectivity index (χ1v) is 4.61. The second kappa shape index (κ2) is 5.48. The first-order valence-electron chi connectivity index (χ1n) is 4.61. The van der Waals surface area contributed by atoms with Gasteiger partial charge >= 0.3 is 0 Å². The van der Waals surface area contributed by atoms with Crippen molar-refractivity contribution in [1.82, 2.24) is 0 Å². The summed E-state index contributed by atoms with van der Waals surface area (Å²) in [5, 5.41) is 9.27. The molecule has 0 radical (unpaired) electrons. The van der Waals surface area contributed by atoms with Crippen LogP contribution in [0, 0.1) is 0 Å². The summed E-state index contributed by atoms with van der Waals surface area (Å²) in [5.74, 6) is 0.350. The highest BCUT2D eigenvalue weighted by Gasteiger charge is 2.20. The molecule has 0 aliphatic heterocycles. The van der Waals surface area contributed by atoms with Crippen LogP contribution in [0.5, 0.6) is 11.5 Å². The number of carbonyl (C=O) groups excluding carboxylic acids is 1. The number of hydrogen-bond acceptors (Lipinski definition) is 5. The van der Waals surface area contributed by atoms with Crippen molar-refractivity contribution in [2.45, 2.75) is 6.29 Å². The fourth-order valence-corrected chi connectivity index (χ4v) is 1.24. The molecule has 0 heterocycles. The van der Waals surface area contributed by atoms with Crippen molar-refractivity contribution < 1.29 is 24.1 Å². The van der Waals surface area contributed by atoms with Gasteiger partial charge in [-0.25, -0.2) is 0 Å². The number of hydrogen-bond donors (Lipinski definition) is 1. The van der Waals surface area contributed by atoms with Crippen LogP contribution in [0.2, 0.25) is 0 Å². The fourth-order valence-electron chi connectivity index (χ4n) is 1.24. The van der Waals surface area contributed by atoms with Crippen molar-refractivity contribution in [3.63, 3.8) is 0 Å². The minimum absolute atomic E-state index is 0.248. The Labute approximate surface area is 93.6 Å². The van der Waals surface area contributed by atoms with Gasteiger partial charge in [-0.2, -0.15) is 0 Å². The van der Waals surface area contributed by atoms with E-state index in [9.17, 15) is 9.90 Å². The predicted molar refractivity (Wildman–Crippen MR) is 56.9 cm³/mol. The van der Waals surface area contributed by atoms with Crippen LogP contribution in [-0.4, -0.2) is 38.5 Å². The SMILES string of the molecule is COc1ccc(C(=O)C(O)OC)c(OC)c1. The Balaban J connectivity index is 3.08. The van der Waals surface area contributed by atoms with E-state index in [1.165, 1.54) is 27.4 Å². The van der Waals surface area contributed by atoms with Gasteiger partial charge in [-0.15, -0.1) is 0 Å². The van der Waals surface area contributed by atoms with Gasteiger partial charge in [-0.3, -0.25) is 4.79 Å². The highest BCUT2D eigenvalue weighted by atomic mass is 16.6. The topological polar surface area (TPSA) is 65.0 Å². The summed E-state index contributed by atoms with van der Waals surface area (Å²) in [6.45, 7) is 0. The standard InChI is InChI=1S/C11H14O5/c1-14-7-4-5-8(9(6-7)15-2)10(12)11(13)16-3/h4-6,11,13H,1-3H3. The van der Waals surface area contributed by atoms with Crippen molar-refractivity contribution in [2.75, 3.05) is 21.3 Å². The molecule has 1 atom stereocenters. The summed E-state index contributed by atoms with van der Waals surface area (Å²) in [6.07, 6.45) is -1.48. The molecule has 0 bridgehead atoms. The van der Waals surface area contributed by atoms with Gasteiger partial charge in [-0.05, 0) is 12.1 Å². The van der Waals surface area contributed by atoms with Gasteiger partial charge in [0.2, 0.25) is 12.1 Å². The van der Waals surface area contributed by atoms with Crippen LogP contribution < -0.4 is 9.47 Å². The smallest absolute Gasteiger partial charge is 0.222 e. The molecule has 0 amide bonds. The minimum Gasteiger partial charge on any atom is -0.497 e. The Bertz CT molecular complexity index is 375. The Morgan fingerprint density at radius 1 is 1.25 bits per heavy atom. The van der Waals surface area contributed by atoms with Crippen LogP contribution in [0.15, 0.2) is 18.2 Å². The number of benzene rings is 1. The monoisotopic (exact) mass is 226 g/mol. The maximum Gasteiger partial charge on any atom is 0.222 e. The van der Waals surface area contributed by atoms with Crippen LogP contribution in [0.1, 0.15) is 10.4 Å². The first-order chi connectivity index (χ1) is 7.63. The van der Waals surface area contributed by atoms with E-state index in [0.29, 0.717) is 11.5 Å². The molecule has 1 aromatic rings. The largest absolute Gasteiger partial charge is 0.497 e. The lowest BCUT2D eigenvalue weighted by molar-refractivity contribution is -0.0484. The third-order valence-corrected chi connectivity index (χ3v) is 2.12. The Kier molecular flexibility index (Phi) is 4.28. The molecule has 0 saturated heterocycles. The number of ether oxygens (including phenoxy) is 3. The summed E-state index contributed by atoms with van der Waals surface area (Å²) >= 11 is 0. The maximum atomic E-state index is 11.7. The number of aliphatic hydroxyl groups is 1. The second-order valence-electron chi connectivity index (χ2n) is 3.02. The molecular formula is C11H14O5.